The number of carbonyl (C=O) groups is 1. The van der Waals surface area contributed by atoms with Crippen molar-refractivity contribution in [2.24, 2.45) is 0 Å². The topological polar surface area (TPSA) is 93.4 Å². The molecule has 1 amide bonds. The van der Waals surface area contributed by atoms with Crippen LogP contribution < -0.4 is 5.32 Å². The van der Waals surface area contributed by atoms with Crippen LogP contribution in [0.15, 0.2) is 53.3 Å². The van der Waals surface area contributed by atoms with E-state index in [1.165, 1.54) is 5.56 Å². The zero-order valence-corrected chi connectivity index (χ0v) is 17.7. The van der Waals surface area contributed by atoms with E-state index in [9.17, 15) is 4.79 Å². The van der Waals surface area contributed by atoms with E-state index in [1.54, 1.807) is 12.4 Å². The molecule has 162 valence electrons. The Bertz CT molecular complexity index is 992. The van der Waals surface area contributed by atoms with Crippen molar-refractivity contribution in [2.45, 2.75) is 39.0 Å². The molecule has 2 aromatic heterocycles. The molecule has 1 aromatic carbocycles. The summed E-state index contributed by atoms with van der Waals surface area (Å²) in [6.45, 7) is 6.17. The summed E-state index contributed by atoms with van der Waals surface area (Å²) in [5.74, 6) is 0.907. The standard InChI is InChI=1S/C23H27N5O3/c1-17-15-28(11-12-30-17)16-19-4-2-3-18(13-19)14-25-21(29)5-6-22-26-23(27-31-22)20-7-9-24-10-8-20/h2-4,7-10,13,17H,5-6,11-12,14-16H2,1H3,(H,25,29). The zero-order valence-electron chi connectivity index (χ0n) is 17.7. The van der Waals surface area contributed by atoms with Crippen molar-refractivity contribution in [3.8, 4) is 11.4 Å². The van der Waals surface area contributed by atoms with Crippen molar-refractivity contribution in [1.82, 2.24) is 25.3 Å². The lowest BCUT2D eigenvalue weighted by molar-refractivity contribution is -0.121. The maximum absolute atomic E-state index is 12.3. The first-order valence-electron chi connectivity index (χ1n) is 10.6. The number of aryl methyl sites for hydroxylation is 1. The Morgan fingerprint density at radius 1 is 1.23 bits per heavy atom. The van der Waals surface area contributed by atoms with Crippen LogP contribution in [0, 0.1) is 0 Å². The Morgan fingerprint density at radius 3 is 2.90 bits per heavy atom. The molecule has 1 atom stereocenters. The van der Waals surface area contributed by atoms with Gasteiger partial charge in [-0.25, -0.2) is 0 Å². The van der Waals surface area contributed by atoms with Gasteiger partial charge in [-0.05, 0) is 30.2 Å². The van der Waals surface area contributed by atoms with Crippen LogP contribution in [-0.4, -0.2) is 51.7 Å². The van der Waals surface area contributed by atoms with Gasteiger partial charge in [0.05, 0.1) is 12.7 Å². The SMILES string of the molecule is CC1CN(Cc2cccc(CNC(=O)CCc3nc(-c4ccncc4)no3)c2)CCO1. The molecule has 1 N–H and O–H groups in total. The molecule has 1 aliphatic heterocycles. The predicted octanol–water partition coefficient (Wildman–Crippen LogP) is 2.60. The minimum atomic E-state index is -0.0453. The summed E-state index contributed by atoms with van der Waals surface area (Å²) >= 11 is 0. The van der Waals surface area contributed by atoms with Crippen LogP contribution in [0.1, 0.15) is 30.4 Å². The summed E-state index contributed by atoms with van der Waals surface area (Å²) in [7, 11) is 0. The highest BCUT2D eigenvalue weighted by Gasteiger charge is 2.16. The van der Waals surface area contributed by atoms with Crippen LogP contribution in [0.4, 0.5) is 0 Å². The van der Waals surface area contributed by atoms with Crippen molar-refractivity contribution in [3.05, 3.63) is 65.8 Å². The number of nitrogens with one attached hydrogen (secondary N) is 1. The number of amides is 1. The third-order valence-electron chi connectivity index (χ3n) is 5.18. The molecule has 0 radical (unpaired) electrons. The van der Waals surface area contributed by atoms with Crippen molar-refractivity contribution in [1.29, 1.82) is 0 Å². The van der Waals surface area contributed by atoms with Crippen LogP contribution >= 0.6 is 0 Å². The number of morpholine rings is 1. The van der Waals surface area contributed by atoms with Crippen molar-refractivity contribution in [3.63, 3.8) is 0 Å². The Hall–Kier alpha value is -3.10. The van der Waals surface area contributed by atoms with Gasteiger partial charge < -0.3 is 14.6 Å². The summed E-state index contributed by atoms with van der Waals surface area (Å²) in [6, 6.07) is 12.0. The second-order valence-electron chi connectivity index (χ2n) is 7.76. The number of nitrogens with zero attached hydrogens (tertiary/aromatic N) is 4. The fraction of sp³-hybridized carbons (Fsp3) is 0.391. The van der Waals surface area contributed by atoms with E-state index < -0.39 is 0 Å². The fourth-order valence-corrected chi connectivity index (χ4v) is 3.61. The maximum Gasteiger partial charge on any atom is 0.227 e. The fourth-order valence-electron chi connectivity index (χ4n) is 3.61. The molecule has 3 aromatic rings. The van der Waals surface area contributed by atoms with E-state index in [0.29, 0.717) is 31.1 Å². The second-order valence-corrected chi connectivity index (χ2v) is 7.76. The van der Waals surface area contributed by atoms with Gasteiger partial charge in [0.2, 0.25) is 17.6 Å². The van der Waals surface area contributed by atoms with E-state index in [4.69, 9.17) is 9.26 Å². The molecule has 1 saturated heterocycles. The summed E-state index contributed by atoms with van der Waals surface area (Å²) in [6.07, 6.45) is 4.32. The molecular formula is C23H27N5O3. The Balaban J connectivity index is 1.23. The van der Waals surface area contributed by atoms with E-state index >= 15 is 0 Å². The van der Waals surface area contributed by atoms with Crippen LogP contribution in [0.25, 0.3) is 11.4 Å². The lowest BCUT2D eigenvalue weighted by atomic mass is 10.1. The molecule has 0 saturated carbocycles. The summed E-state index contributed by atoms with van der Waals surface area (Å²) < 4.78 is 10.9. The Kier molecular flexibility index (Phi) is 7.01. The van der Waals surface area contributed by atoms with E-state index in [0.717, 1.165) is 37.4 Å². The van der Waals surface area contributed by atoms with Crippen LogP contribution in [0.5, 0.6) is 0 Å². The van der Waals surface area contributed by atoms with Gasteiger partial charge in [0.1, 0.15) is 0 Å². The van der Waals surface area contributed by atoms with Crippen molar-refractivity contribution in [2.75, 3.05) is 19.7 Å². The summed E-state index contributed by atoms with van der Waals surface area (Å²) in [4.78, 5) is 23.0. The molecule has 1 fully saturated rings. The molecule has 8 nitrogen and oxygen atoms in total. The average Bonchev–Trinajstić information content (AvgIpc) is 3.26. The second kappa shape index (κ2) is 10.3. The summed E-state index contributed by atoms with van der Waals surface area (Å²) in [5.41, 5.74) is 3.17. The number of benzene rings is 1. The van der Waals surface area contributed by atoms with Gasteiger partial charge in [-0.15, -0.1) is 0 Å². The minimum absolute atomic E-state index is 0.0453. The van der Waals surface area contributed by atoms with E-state index in [-0.39, 0.29) is 12.0 Å². The monoisotopic (exact) mass is 421 g/mol. The van der Waals surface area contributed by atoms with Crippen molar-refractivity contribution >= 4 is 5.91 Å². The van der Waals surface area contributed by atoms with Crippen LogP contribution in [0.2, 0.25) is 0 Å². The van der Waals surface area contributed by atoms with Gasteiger partial charge in [0, 0.05) is 57.0 Å². The highest BCUT2D eigenvalue weighted by Crippen LogP contribution is 2.15. The highest BCUT2D eigenvalue weighted by molar-refractivity contribution is 5.76. The molecule has 0 aliphatic carbocycles. The predicted molar refractivity (Wildman–Crippen MR) is 115 cm³/mol. The first-order chi connectivity index (χ1) is 15.2. The van der Waals surface area contributed by atoms with E-state index in [2.05, 4.69) is 44.4 Å². The Morgan fingerprint density at radius 2 is 2.06 bits per heavy atom. The minimum Gasteiger partial charge on any atom is -0.376 e. The molecule has 0 bridgehead atoms. The van der Waals surface area contributed by atoms with Gasteiger partial charge in [-0.3, -0.25) is 14.7 Å². The molecule has 3 heterocycles. The molecular weight excluding hydrogens is 394 g/mol. The first kappa shape index (κ1) is 21.1. The molecule has 31 heavy (non-hydrogen) atoms. The molecule has 1 unspecified atom stereocenters. The highest BCUT2D eigenvalue weighted by atomic mass is 16.5. The number of hydrogen-bond donors (Lipinski definition) is 1. The smallest absolute Gasteiger partial charge is 0.227 e. The number of rotatable bonds is 8. The lowest BCUT2D eigenvalue weighted by Crippen LogP contribution is -2.40. The van der Waals surface area contributed by atoms with E-state index in [1.807, 2.05) is 24.3 Å². The number of pyridine rings is 1. The van der Waals surface area contributed by atoms with Crippen LogP contribution in [0.3, 0.4) is 0 Å². The third-order valence-corrected chi connectivity index (χ3v) is 5.18. The van der Waals surface area contributed by atoms with Crippen LogP contribution in [-0.2, 0) is 29.0 Å². The third kappa shape index (κ3) is 6.19. The number of carbonyl (C=O) groups excluding carboxylic acids is 1. The Labute approximate surface area is 181 Å². The summed E-state index contributed by atoms with van der Waals surface area (Å²) in [5, 5.41) is 6.94. The number of ether oxygens (including phenoxy) is 1. The lowest BCUT2D eigenvalue weighted by Gasteiger charge is -2.31. The quantitative estimate of drug-likeness (QED) is 0.597. The zero-order chi connectivity index (χ0) is 21.5. The maximum atomic E-state index is 12.3. The number of hydrogen-bond acceptors (Lipinski definition) is 7. The average molecular weight is 422 g/mol. The van der Waals surface area contributed by atoms with Gasteiger partial charge in [-0.2, -0.15) is 4.98 Å². The molecule has 1 aliphatic rings. The normalized spacial score (nSPS) is 16.9. The molecule has 4 rings (SSSR count). The van der Waals surface area contributed by atoms with Gasteiger partial charge in [0.15, 0.2) is 0 Å². The molecule has 8 heteroatoms. The van der Waals surface area contributed by atoms with Gasteiger partial charge in [0.25, 0.3) is 0 Å². The largest absolute Gasteiger partial charge is 0.376 e. The van der Waals surface area contributed by atoms with Crippen molar-refractivity contribution < 1.29 is 14.1 Å². The first-order valence-corrected chi connectivity index (χ1v) is 10.6. The van der Waals surface area contributed by atoms with Gasteiger partial charge >= 0.3 is 0 Å². The molecule has 0 spiro atoms. The van der Waals surface area contributed by atoms with Gasteiger partial charge in [-0.1, -0.05) is 29.4 Å². The number of aromatic nitrogens is 3.